The Labute approximate surface area is 343 Å². The van der Waals surface area contributed by atoms with Crippen molar-refractivity contribution >= 4 is 0 Å². The minimum Gasteiger partial charge on any atom is -0.317 e. The minimum absolute atomic E-state index is 0.418. The van der Waals surface area contributed by atoms with Crippen LogP contribution >= 0.6 is 0 Å². The van der Waals surface area contributed by atoms with Gasteiger partial charge in [-0.05, 0) is 100 Å². The number of nitrogens with one attached hydrogen (secondary N) is 4. The van der Waals surface area contributed by atoms with Gasteiger partial charge in [0, 0.05) is 24.9 Å². The summed E-state index contributed by atoms with van der Waals surface area (Å²) in [6.45, 7) is 8.96. The number of hydrogen-bond acceptors (Lipinski definition) is 4. The van der Waals surface area contributed by atoms with Gasteiger partial charge in [-0.25, -0.2) is 0 Å². The molecule has 0 aliphatic carbocycles. The fourth-order valence-electron chi connectivity index (χ4n) is 7.96. The van der Waals surface area contributed by atoms with Gasteiger partial charge < -0.3 is 21.3 Å². The third kappa shape index (κ3) is 20.8. The van der Waals surface area contributed by atoms with Crippen LogP contribution in [0.2, 0.25) is 0 Å². The zero-order chi connectivity index (χ0) is 38.8. The molecule has 0 radical (unpaired) electrons. The van der Waals surface area contributed by atoms with Crippen molar-refractivity contribution in [1.82, 2.24) is 21.3 Å². The smallest absolute Gasteiger partial charge is 0.0214 e. The third-order valence-corrected chi connectivity index (χ3v) is 11.4. The zero-order valence-electron chi connectivity index (χ0n) is 35.1. The Morgan fingerprint density at radius 1 is 0.232 bits per heavy atom. The fourth-order valence-corrected chi connectivity index (χ4v) is 7.96. The highest BCUT2D eigenvalue weighted by atomic mass is 14.9. The van der Waals surface area contributed by atoms with E-state index in [9.17, 15) is 0 Å². The van der Waals surface area contributed by atoms with Crippen LogP contribution in [-0.2, 0) is 0 Å². The molecule has 56 heavy (non-hydrogen) atoms. The molecule has 0 unspecified atom stereocenters. The normalized spacial score (nSPS) is 11.5. The monoisotopic (exact) mass is 759 g/mol. The first-order chi connectivity index (χ1) is 27.9. The maximum Gasteiger partial charge on any atom is 0.0214 e. The molecular weight excluding hydrogens is 681 g/mol. The molecule has 4 N–H and O–H groups in total. The largest absolute Gasteiger partial charge is 0.317 e. The van der Waals surface area contributed by atoms with Crippen molar-refractivity contribution in [1.29, 1.82) is 0 Å². The summed E-state index contributed by atoms with van der Waals surface area (Å²) < 4.78 is 0. The number of unbranched alkanes of at least 4 members (excludes halogenated alkanes) is 15. The van der Waals surface area contributed by atoms with E-state index in [1.807, 2.05) is 0 Å². The van der Waals surface area contributed by atoms with Gasteiger partial charge in [0.1, 0.15) is 0 Å². The average molecular weight is 759 g/mol. The van der Waals surface area contributed by atoms with E-state index in [0.29, 0.717) is 11.8 Å². The topological polar surface area (TPSA) is 48.1 Å². The quantitative estimate of drug-likeness (QED) is 0.0353. The third-order valence-electron chi connectivity index (χ3n) is 11.4. The summed E-state index contributed by atoms with van der Waals surface area (Å²) >= 11 is 0. The van der Waals surface area contributed by atoms with Crippen LogP contribution in [0.15, 0.2) is 121 Å². The Hall–Kier alpha value is -3.28. The van der Waals surface area contributed by atoms with Gasteiger partial charge in [0.2, 0.25) is 0 Å². The van der Waals surface area contributed by atoms with Crippen LogP contribution in [0.3, 0.4) is 0 Å². The van der Waals surface area contributed by atoms with E-state index < -0.39 is 0 Å². The van der Waals surface area contributed by atoms with Crippen LogP contribution < -0.4 is 21.3 Å². The zero-order valence-corrected chi connectivity index (χ0v) is 35.1. The van der Waals surface area contributed by atoms with Gasteiger partial charge in [-0.3, -0.25) is 0 Å². The number of hydrogen-bond donors (Lipinski definition) is 4. The van der Waals surface area contributed by atoms with E-state index in [-0.39, 0.29) is 0 Å². The lowest BCUT2D eigenvalue weighted by molar-refractivity contribution is 0.520. The van der Waals surface area contributed by atoms with E-state index >= 15 is 0 Å². The Kier molecular flexibility index (Phi) is 25.8. The molecule has 306 valence electrons. The van der Waals surface area contributed by atoms with Gasteiger partial charge in [0.25, 0.3) is 0 Å². The van der Waals surface area contributed by atoms with Crippen LogP contribution in [0, 0.1) is 0 Å². The summed E-state index contributed by atoms with van der Waals surface area (Å²) in [5.74, 6) is 0.836. The second kappa shape index (κ2) is 31.8. The molecule has 0 saturated heterocycles. The summed E-state index contributed by atoms with van der Waals surface area (Å²) in [7, 11) is 0. The molecule has 4 aromatic rings. The predicted molar refractivity (Wildman–Crippen MR) is 244 cm³/mol. The van der Waals surface area contributed by atoms with E-state index in [0.717, 1.165) is 26.2 Å². The Bertz CT molecular complexity index is 1220. The van der Waals surface area contributed by atoms with Crippen molar-refractivity contribution in [3.8, 4) is 0 Å². The average Bonchev–Trinajstić information content (AvgIpc) is 3.25. The fraction of sp³-hybridized carbons (Fsp3) is 0.538. The summed E-state index contributed by atoms with van der Waals surface area (Å²) in [6, 6.07) is 43.7. The highest BCUT2D eigenvalue weighted by Gasteiger charge is 2.14. The van der Waals surface area contributed by atoms with Gasteiger partial charge in [-0.15, -0.1) is 0 Å². The Morgan fingerprint density at radius 2 is 0.429 bits per heavy atom. The molecule has 4 aromatic carbocycles. The van der Waals surface area contributed by atoms with E-state index in [1.54, 1.807) is 0 Å². The van der Waals surface area contributed by atoms with Crippen molar-refractivity contribution in [3.63, 3.8) is 0 Å². The first kappa shape index (κ1) is 45.4. The number of rotatable bonds is 35. The molecule has 0 atom stereocenters. The molecule has 0 aromatic heterocycles. The molecular formula is C52H78N4. The van der Waals surface area contributed by atoms with E-state index in [2.05, 4.69) is 143 Å². The van der Waals surface area contributed by atoms with Gasteiger partial charge in [0.15, 0.2) is 0 Å². The van der Waals surface area contributed by atoms with Gasteiger partial charge in [0.05, 0.1) is 0 Å². The Morgan fingerprint density at radius 3 is 0.661 bits per heavy atom. The maximum absolute atomic E-state index is 3.74. The lowest BCUT2D eigenvalue weighted by Crippen LogP contribution is -2.23. The summed E-state index contributed by atoms with van der Waals surface area (Å²) in [5.41, 5.74) is 5.58. The number of benzene rings is 4. The molecule has 0 aliphatic rings. The van der Waals surface area contributed by atoms with Crippen LogP contribution in [0.5, 0.6) is 0 Å². The summed E-state index contributed by atoms with van der Waals surface area (Å²) in [4.78, 5) is 0. The molecule has 4 rings (SSSR count). The van der Waals surface area contributed by atoms with Gasteiger partial charge in [-0.1, -0.05) is 198 Å². The van der Waals surface area contributed by atoms with Crippen molar-refractivity contribution in [3.05, 3.63) is 144 Å². The van der Waals surface area contributed by atoms with E-state index in [1.165, 1.54) is 164 Å². The first-order valence-electron chi connectivity index (χ1n) is 22.9. The van der Waals surface area contributed by atoms with Crippen molar-refractivity contribution in [2.75, 3.05) is 52.4 Å². The lowest BCUT2D eigenvalue weighted by atomic mass is 9.91. The molecule has 0 amide bonds. The summed E-state index contributed by atoms with van der Waals surface area (Å²) in [6.07, 6.45) is 24.4. The second-order valence-electron chi connectivity index (χ2n) is 16.0. The lowest BCUT2D eigenvalue weighted by Gasteiger charge is -2.19. The van der Waals surface area contributed by atoms with Crippen LogP contribution in [-0.4, -0.2) is 52.4 Å². The predicted octanol–water partition coefficient (Wildman–Crippen LogP) is 12.0. The molecule has 0 saturated carbocycles. The molecule has 0 bridgehead atoms. The van der Waals surface area contributed by atoms with Gasteiger partial charge >= 0.3 is 0 Å². The maximum atomic E-state index is 3.74. The Balaban J connectivity index is 0.819. The molecule has 0 aliphatic heterocycles. The summed E-state index contributed by atoms with van der Waals surface area (Å²) in [5, 5.41) is 14.9. The minimum atomic E-state index is 0.418. The van der Waals surface area contributed by atoms with Crippen molar-refractivity contribution in [2.45, 2.75) is 127 Å². The molecule has 0 heterocycles. The SMILES string of the molecule is c1ccc(C(CNCCCCCCNCCCCCCCCCCCCNCCCCCCNCC(c2ccccc2)c2ccccc2)c2ccccc2)cc1. The highest BCUT2D eigenvalue weighted by Crippen LogP contribution is 2.25. The molecule has 4 heteroatoms. The standard InChI is InChI=1S/C52H78N4/c1(3-5-7-25-39-53-41-27-9-11-29-43-55-45-51(47-31-17-13-18-32-47)48-33-19-14-20-34-48)2-4-6-8-26-40-54-42-28-10-12-30-44-56-46-52(49-35-21-15-22-36-49)50-37-23-16-24-38-50/h13-24,31-38,51-56H,1-12,25-30,39-46H2. The van der Waals surface area contributed by atoms with Crippen LogP contribution in [0.4, 0.5) is 0 Å². The van der Waals surface area contributed by atoms with Gasteiger partial charge in [-0.2, -0.15) is 0 Å². The van der Waals surface area contributed by atoms with E-state index in [4.69, 9.17) is 0 Å². The second-order valence-corrected chi connectivity index (χ2v) is 16.0. The molecule has 0 spiro atoms. The van der Waals surface area contributed by atoms with Crippen molar-refractivity contribution < 1.29 is 0 Å². The molecule has 4 nitrogen and oxygen atoms in total. The first-order valence-corrected chi connectivity index (χ1v) is 22.9. The molecule has 0 fully saturated rings. The van der Waals surface area contributed by atoms with Crippen LogP contribution in [0.1, 0.15) is 150 Å². The van der Waals surface area contributed by atoms with Crippen molar-refractivity contribution in [2.24, 2.45) is 0 Å². The van der Waals surface area contributed by atoms with Crippen LogP contribution in [0.25, 0.3) is 0 Å². The highest BCUT2D eigenvalue weighted by molar-refractivity contribution is 5.34.